The Kier molecular flexibility index (Phi) is 6.38. The predicted molar refractivity (Wildman–Crippen MR) is 78.8 cm³/mol. The van der Waals surface area contributed by atoms with E-state index in [1.807, 2.05) is 0 Å². The van der Waals surface area contributed by atoms with E-state index in [1.54, 1.807) is 0 Å². The van der Waals surface area contributed by atoms with Gasteiger partial charge >= 0.3 is 29.8 Å². The number of hydrogen-bond acceptors (Lipinski definition) is 7. The molecule has 1 aromatic carbocycles. The van der Waals surface area contributed by atoms with Crippen LogP contribution in [0, 0.1) is 0 Å². The van der Waals surface area contributed by atoms with Crippen LogP contribution < -0.4 is 0 Å². The molecule has 0 fully saturated rings. The molecule has 3 N–H and O–H groups in total. The van der Waals surface area contributed by atoms with Crippen molar-refractivity contribution in [2.45, 2.75) is 0 Å². The lowest BCUT2D eigenvalue weighted by Crippen LogP contribution is -2.19. The van der Waals surface area contributed by atoms with Crippen molar-refractivity contribution in [2.24, 2.45) is 0 Å². The third kappa shape index (κ3) is 4.89. The highest BCUT2D eigenvalue weighted by molar-refractivity contribution is 6.09. The molecular formula is C15H12O10. The minimum absolute atomic E-state index is 0.335. The summed E-state index contributed by atoms with van der Waals surface area (Å²) in [5, 5.41) is 27.1. The molecule has 0 saturated carbocycles. The smallest absolute Gasteiger partial charge is 0.339 e. The second kappa shape index (κ2) is 8.24. The highest BCUT2D eigenvalue weighted by Gasteiger charge is 2.26. The summed E-state index contributed by atoms with van der Waals surface area (Å²) in [5.41, 5.74) is -2.95. The number of carboxylic acids is 3. The lowest BCUT2D eigenvalue weighted by molar-refractivity contribution is -0.138. The van der Waals surface area contributed by atoms with Crippen LogP contribution in [0.4, 0.5) is 0 Å². The third-order valence-corrected chi connectivity index (χ3v) is 2.80. The molecule has 132 valence electrons. The van der Waals surface area contributed by atoms with Crippen LogP contribution in [0.25, 0.3) is 0 Å². The van der Waals surface area contributed by atoms with Gasteiger partial charge in [0.05, 0.1) is 22.3 Å². The molecule has 10 nitrogen and oxygen atoms in total. The van der Waals surface area contributed by atoms with E-state index in [-0.39, 0.29) is 6.61 Å². The van der Waals surface area contributed by atoms with Crippen molar-refractivity contribution in [3.8, 4) is 0 Å². The Morgan fingerprint density at radius 1 is 0.800 bits per heavy atom. The maximum atomic E-state index is 12.0. The minimum atomic E-state index is -1.67. The highest BCUT2D eigenvalue weighted by Crippen LogP contribution is 2.19. The van der Waals surface area contributed by atoms with E-state index in [0.29, 0.717) is 12.1 Å². The summed E-state index contributed by atoms with van der Waals surface area (Å²) < 4.78 is 9.24. The molecule has 0 spiro atoms. The van der Waals surface area contributed by atoms with Gasteiger partial charge in [0.25, 0.3) is 0 Å². The number of carbonyl (C=O) groups is 5. The fourth-order valence-electron chi connectivity index (χ4n) is 1.71. The first-order valence-electron chi connectivity index (χ1n) is 6.53. The van der Waals surface area contributed by atoms with Gasteiger partial charge in [0.2, 0.25) is 0 Å². The summed E-state index contributed by atoms with van der Waals surface area (Å²) in [5.74, 6) is -6.96. The molecule has 0 amide bonds. The van der Waals surface area contributed by atoms with Crippen LogP contribution in [-0.2, 0) is 14.3 Å². The fraction of sp³-hybridized carbons (Fsp3) is 0.133. The summed E-state index contributed by atoms with van der Waals surface area (Å²) in [6.45, 7) is 2.39. The van der Waals surface area contributed by atoms with Crippen LogP contribution in [0.15, 0.2) is 24.8 Å². The first kappa shape index (κ1) is 19.4. The third-order valence-electron chi connectivity index (χ3n) is 2.80. The minimum Gasteiger partial charge on any atom is -0.478 e. The Labute approximate surface area is 139 Å². The molecule has 0 aliphatic carbocycles. The van der Waals surface area contributed by atoms with Crippen LogP contribution in [0.3, 0.4) is 0 Å². The Balaban J connectivity index is 3.13. The van der Waals surface area contributed by atoms with Crippen LogP contribution in [0.2, 0.25) is 0 Å². The average Bonchev–Trinajstić information content (AvgIpc) is 2.56. The number of benzene rings is 1. The van der Waals surface area contributed by atoms with Crippen molar-refractivity contribution in [1.29, 1.82) is 0 Å². The normalized spacial score (nSPS) is 9.76. The number of rotatable bonds is 8. The van der Waals surface area contributed by atoms with Crippen molar-refractivity contribution in [2.75, 3.05) is 13.2 Å². The molecule has 1 aromatic rings. The number of esters is 2. The Morgan fingerprint density at radius 2 is 1.20 bits per heavy atom. The molecule has 0 aliphatic rings. The quantitative estimate of drug-likeness (QED) is 0.344. The molecule has 10 heteroatoms. The van der Waals surface area contributed by atoms with Gasteiger partial charge in [0.15, 0.2) is 0 Å². The molecule has 0 bridgehead atoms. The van der Waals surface area contributed by atoms with Crippen molar-refractivity contribution in [1.82, 2.24) is 0 Å². The first-order valence-corrected chi connectivity index (χ1v) is 6.53. The molecule has 0 aliphatic heterocycles. The second-order valence-corrected chi connectivity index (χ2v) is 4.37. The molecule has 0 atom stereocenters. The van der Waals surface area contributed by atoms with Gasteiger partial charge in [-0.15, -0.1) is 0 Å². The van der Waals surface area contributed by atoms with Gasteiger partial charge in [-0.05, 0) is 12.1 Å². The van der Waals surface area contributed by atoms with Crippen molar-refractivity contribution in [3.05, 3.63) is 47.0 Å². The Hall–Kier alpha value is -3.69. The summed E-state index contributed by atoms with van der Waals surface area (Å²) in [7, 11) is 0. The van der Waals surface area contributed by atoms with Crippen LogP contribution >= 0.6 is 0 Å². The van der Waals surface area contributed by atoms with E-state index < -0.39 is 58.7 Å². The number of carbonyl (C=O) groups excluding carboxylic acids is 2. The van der Waals surface area contributed by atoms with E-state index in [2.05, 4.69) is 11.3 Å². The lowest BCUT2D eigenvalue weighted by Gasteiger charge is -2.10. The highest BCUT2D eigenvalue weighted by atomic mass is 16.6. The molecule has 0 radical (unpaired) electrons. The second-order valence-electron chi connectivity index (χ2n) is 4.37. The van der Waals surface area contributed by atoms with E-state index in [4.69, 9.17) is 20.1 Å². The van der Waals surface area contributed by atoms with Gasteiger partial charge < -0.3 is 24.8 Å². The topological polar surface area (TPSA) is 164 Å². The standard InChI is InChI=1S/C15H12O10/c1-2-11(16)24-3-4-25-15(23)10-6-8(13(19)20)7(12(17)18)5-9(10)14(21)22/h2,5-6H,1,3-4H2,(H,17,18)(H,19,20)(H,21,22). The maximum Gasteiger partial charge on any atom is 0.339 e. The van der Waals surface area contributed by atoms with Gasteiger partial charge in [-0.25, -0.2) is 24.0 Å². The van der Waals surface area contributed by atoms with E-state index >= 15 is 0 Å². The molecule has 0 aromatic heterocycles. The molecule has 0 saturated heterocycles. The maximum absolute atomic E-state index is 12.0. The van der Waals surface area contributed by atoms with Gasteiger partial charge in [0, 0.05) is 6.08 Å². The van der Waals surface area contributed by atoms with Gasteiger partial charge in [-0.1, -0.05) is 6.58 Å². The zero-order chi connectivity index (χ0) is 19.1. The molecule has 25 heavy (non-hydrogen) atoms. The van der Waals surface area contributed by atoms with Gasteiger partial charge in [-0.2, -0.15) is 0 Å². The SMILES string of the molecule is C=CC(=O)OCCOC(=O)c1cc(C(=O)O)c(C(=O)O)cc1C(=O)O. The van der Waals surface area contributed by atoms with Gasteiger partial charge in [0.1, 0.15) is 13.2 Å². The zero-order valence-corrected chi connectivity index (χ0v) is 12.6. The molecule has 0 unspecified atom stereocenters. The Bertz CT molecular complexity index is 762. The molecule has 1 rings (SSSR count). The molecular weight excluding hydrogens is 340 g/mol. The monoisotopic (exact) mass is 352 g/mol. The lowest BCUT2D eigenvalue weighted by atomic mass is 9.98. The van der Waals surface area contributed by atoms with Crippen molar-refractivity contribution in [3.63, 3.8) is 0 Å². The van der Waals surface area contributed by atoms with Crippen LogP contribution in [0.1, 0.15) is 41.4 Å². The summed E-state index contributed by atoms with van der Waals surface area (Å²) >= 11 is 0. The average molecular weight is 352 g/mol. The first-order chi connectivity index (χ1) is 11.7. The summed E-state index contributed by atoms with van der Waals surface area (Å²) in [6, 6.07) is 1.16. The summed E-state index contributed by atoms with van der Waals surface area (Å²) in [4.78, 5) is 56.2. The van der Waals surface area contributed by atoms with Gasteiger partial charge in [-0.3, -0.25) is 0 Å². The zero-order valence-electron chi connectivity index (χ0n) is 12.6. The molecule has 0 heterocycles. The largest absolute Gasteiger partial charge is 0.478 e. The van der Waals surface area contributed by atoms with Crippen LogP contribution in [-0.4, -0.2) is 58.4 Å². The van der Waals surface area contributed by atoms with E-state index in [1.165, 1.54) is 0 Å². The van der Waals surface area contributed by atoms with Crippen molar-refractivity contribution < 1.29 is 48.8 Å². The van der Waals surface area contributed by atoms with Crippen LogP contribution in [0.5, 0.6) is 0 Å². The Morgan fingerprint density at radius 3 is 1.64 bits per heavy atom. The predicted octanol–water partition coefficient (Wildman–Crippen LogP) is 0.667. The number of hydrogen-bond donors (Lipinski definition) is 3. The van der Waals surface area contributed by atoms with Crippen molar-refractivity contribution >= 4 is 29.8 Å². The number of aromatic carboxylic acids is 3. The van der Waals surface area contributed by atoms with E-state index in [0.717, 1.165) is 6.08 Å². The number of carboxylic acid groups (broad SMARTS) is 3. The van der Waals surface area contributed by atoms with E-state index in [9.17, 15) is 24.0 Å². The summed E-state index contributed by atoms with van der Waals surface area (Å²) in [6.07, 6.45) is 0.883. The number of ether oxygens (including phenoxy) is 2. The fourth-order valence-corrected chi connectivity index (χ4v) is 1.71.